The molecule has 3 aromatic rings. The molecule has 7 heteroatoms. The van der Waals surface area contributed by atoms with Crippen molar-refractivity contribution in [1.29, 1.82) is 0 Å². The molecule has 0 amide bonds. The highest BCUT2D eigenvalue weighted by Gasteiger charge is 2.16. The maximum atomic E-state index is 12.5. The number of Topliss-reactive ketones (excluding diaryl/α,β-unsaturated/α-hetero) is 1. The molecule has 5 nitrogen and oxygen atoms in total. The van der Waals surface area contributed by atoms with Gasteiger partial charge in [0.25, 0.3) is 0 Å². The van der Waals surface area contributed by atoms with Gasteiger partial charge in [-0.3, -0.25) is 4.79 Å². The average Bonchev–Trinajstić information content (AvgIpc) is 3.21. The van der Waals surface area contributed by atoms with E-state index in [0.717, 1.165) is 29.9 Å². The van der Waals surface area contributed by atoms with Gasteiger partial charge >= 0.3 is 0 Å². The monoisotopic (exact) mass is 392 g/mol. The summed E-state index contributed by atoms with van der Waals surface area (Å²) >= 11 is 4.96. The van der Waals surface area contributed by atoms with Crippen molar-refractivity contribution in [1.82, 2.24) is 19.3 Å². The third kappa shape index (κ3) is 3.61. The largest absolute Gasteiger partial charge is 0.348 e. The van der Waals surface area contributed by atoms with Crippen LogP contribution in [-0.2, 0) is 19.5 Å². The molecule has 0 aliphatic rings. The topological polar surface area (TPSA) is 52.7 Å². The number of aryl methyl sites for hydroxylation is 2. The summed E-state index contributed by atoms with van der Waals surface area (Å²) in [6.07, 6.45) is 2.54. The van der Waals surface area contributed by atoms with Crippen molar-refractivity contribution in [3.05, 3.63) is 56.5 Å². The minimum Gasteiger partial charge on any atom is -0.348 e. The number of aromatic nitrogens is 4. The van der Waals surface area contributed by atoms with Crippen molar-refractivity contribution in [2.45, 2.75) is 33.4 Å². The van der Waals surface area contributed by atoms with Crippen LogP contribution in [0.1, 0.15) is 26.6 Å². The highest BCUT2D eigenvalue weighted by Crippen LogP contribution is 2.18. The number of carbonyl (C=O) groups is 1. The summed E-state index contributed by atoms with van der Waals surface area (Å²) in [7, 11) is 0. The fourth-order valence-corrected chi connectivity index (χ4v) is 3.68. The van der Waals surface area contributed by atoms with Crippen LogP contribution in [0, 0.1) is 13.8 Å². The Kier molecular flexibility index (Phi) is 4.77. The van der Waals surface area contributed by atoms with Gasteiger partial charge in [0.2, 0.25) is 4.73 Å². The van der Waals surface area contributed by atoms with E-state index >= 15 is 0 Å². The van der Waals surface area contributed by atoms with E-state index in [2.05, 4.69) is 48.1 Å². The van der Waals surface area contributed by atoms with Crippen molar-refractivity contribution >= 4 is 33.0 Å². The lowest BCUT2D eigenvalue weighted by Crippen LogP contribution is -2.12. The molecule has 0 atom stereocenters. The van der Waals surface area contributed by atoms with E-state index in [9.17, 15) is 4.79 Å². The van der Waals surface area contributed by atoms with Crippen LogP contribution in [0.5, 0.6) is 0 Å². The molecule has 0 saturated heterocycles. The van der Waals surface area contributed by atoms with Crippen LogP contribution in [-0.4, -0.2) is 25.1 Å². The van der Waals surface area contributed by atoms with E-state index in [1.54, 1.807) is 22.3 Å². The van der Waals surface area contributed by atoms with Crippen molar-refractivity contribution in [3.63, 3.8) is 0 Å². The van der Waals surface area contributed by atoms with Gasteiger partial charge in [-0.15, -0.1) is 16.4 Å². The summed E-state index contributed by atoms with van der Waals surface area (Å²) in [5, 5.41) is 6.19. The molecule has 3 rings (SSSR count). The first-order valence-electron chi connectivity index (χ1n) is 7.32. The SMILES string of the molecule is Cc1cc(C(=O)Cn2cnc(Br)n2)c(C)n1CCc1cccs1. The summed E-state index contributed by atoms with van der Waals surface area (Å²) in [5.74, 6) is 0.0536. The zero-order chi connectivity index (χ0) is 16.4. The van der Waals surface area contributed by atoms with E-state index in [1.807, 2.05) is 19.9 Å². The third-order valence-electron chi connectivity index (χ3n) is 3.85. The Hall–Kier alpha value is -1.73. The summed E-state index contributed by atoms with van der Waals surface area (Å²) in [6.45, 7) is 5.14. The number of hydrogen-bond acceptors (Lipinski definition) is 4. The second-order valence-electron chi connectivity index (χ2n) is 5.40. The van der Waals surface area contributed by atoms with Gasteiger partial charge in [-0.05, 0) is 53.7 Å². The molecule has 3 heterocycles. The molecular formula is C16H17BrN4OS. The zero-order valence-electron chi connectivity index (χ0n) is 13.0. The van der Waals surface area contributed by atoms with Gasteiger partial charge in [-0.2, -0.15) is 0 Å². The first-order valence-corrected chi connectivity index (χ1v) is 8.99. The second-order valence-corrected chi connectivity index (χ2v) is 7.14. The van der Waals surface area contributed by atoms with Crippen LogP contribution in [0.4, 0.5) is 0 Å². The molecule has 0 aliphatic carbocycles. The van der Waals surface area contributed by atoms with Crippen LogP contribution in [0.2, 0.25) is 0 Å². The lowest BCUT2D eigenvalue weighted by molar-refractivity contribution is 0.0966. The Labute approximate surface area is 147 Å². The van der Waals surface area contributed by atoms with E-state index < -0.39 is 0 Å². The maximum Gasteiger partial charge on any atom is 0.217 e. The van der Waals surface area contributed by atoms with Gasteiger partial charge in [-0.25, -0.2) is 9.67 Å². The summed E-state index contributed by atoms with van der Waals surface area (Å²) in [4.78, 5) is 17.9. The molecule has 0 N–H and O–H groups in total. The van der Waals surface area contributed by atoms with Gasteiger partial charge in [0.15, 0.2) is 5.78 Å². The highest BCUT2D eigenvalue weighted by atomic mass is 79.9. The summed E-state index contributed by atoms with van der Waals surface area (Å²) in [6, 6.07) is 6.19. The minimum atomic E-state index is 0.0536. The maximum absolute atomic E-state index is 12.5. The van der Waals surface area contributed by atoms with Gasteiger partial charge in [0, 0.05) is 28.4 Å². The highest BCUT2D eigenvalue weighted by molar-refractivity contribution is 9.10. The Morgan fingerprint density at radius 2 is 2.22 bits per heavy atom. The van der Waals surface area contributed by atoms with Crippen LogP contribution in [0.15, 0.2) is 34.6 Å². The lowest BCUT2D eigenvalue weighted by Gasteiger charge is -2.09. The Morgan fingerprint density at radius 3 is 2.87 bits per heavy atom. The zero-order valence-corrected chi connectivity index (χ0v) is 15.4. The first-order chi connectivity index (χ1) is 11.0. The molecule has 0 aliphatic heterocycles. The molecular weight excluding hydrogens is 376 g/mol. The van der Waals surface area contributed by atoms with Crippen molar-refractivity contribution in [2.24, 2.45) is 0 Å². The number of ketones is 1. The Morgan fingerprint density at radius 1 is 1.39 bits per heavy atom. The van der Waals surface area contributed by atoms with E-state index in [-0.39, 0.29) is 12.3 Å². The number of carbonyl (C=O) groups excluding carboxylic acids is 1. The molecule has 0 bridgehead atoms. The summed E-state index contributed by atoms with van der Waals surface area (Å²) in [5.41, 5.74) is 2.89. The van der Waals surface area contributed by atoms with E-state index in [4.69, 9.17) is 0 Å². The fraction of sp³-hybridized carbons (Fsp3) is 0.312. The number of nitrogens with zero attached hydrogens (tertiary/aromatic N) is 4. The van der Waals surface area contributed by atoms with Gasteiger partial charge in [0.05, 0.1) is 0 Å². The van der Waals surface area contributed by atoms with E-state index in [0.29, 0.717) is 4.73 Å². The quantitative estimate of drug-likeness (QED) is 0.601. The average molecular weight is 393 g/mol. The molecule has 3 aromatic heterocycles. The number of hydrogen-bond donors (Lipinski definition) is 0. The van der Waals surface area contributed by atoms with Gasteiger partial charge in [0.1, 0.15) is 12.9 Å². The lowest BCUT2D eigenvalue weighted by atomic mass is 10.1. The molecule has 0 spiro atoms. The molecule has 0 aromatic carbocycles. The Balaban J connectivity index is 1.75. The first kappa shape index (κ1) is 16.1. The van der Waals surface area contributed by atoms with Crippen molar-refractivity contribution < 1.29 is 4.79 Å². The second kappa shape index (κ2) is 6.80. The standard InChI is InChI=1S/C16H17BrN4OS/c1-11-8-14(15(22)9-20-10-18-16(17)19-20)12(2)21(11)6-5-13-4-3-7-23-13/h3-4,7-8,10H,5-6,9H2,1-2H3. The third-order valence-corrected chi connectivity index (χ3v) is 5.15. The normalized spacial score (nSPS) is 11.1. The number of thiophene rings is 1. The van der Waals surface area contributed by atoms with Gasteiger partial charge < -0.3 is 4.57 Å². The molecule has 0 saturated carbocycles. The van der Waals surface area contributed by atoms with Crippen LogP contribution in [0.25, 0.3) is 0 Å². The van der Waals surface area contributed by atoms with Crippen LogP contribution >= 0.6 is 27.3 Å². The van der Waals surface area contributed by atoms with Crippen LogP contribution in [0.3, 0.4) is 0 Å². The minimum absolute atomic E-state index is 0.0536. The molecule has 0 unspecified atom stereocenters. The van der Waals surface area contributed by atoms with Crippen molar-refractivity contribution in [2.75, 3.05) is 0 Å². The molecule has 0 fully saturated rings. The Bertz CT molecular complexity index is 819. The predicted octanol–water partition coefficient (Wildman–Crippen LogP) is 3.65. The number of halogens is 1. The predicted molar refractivity (Wildman–Crippen MR) is 94.0 cm³/mol. The molecule has 23 heavy (non-hydrogen) atoms. The number of rotatable bonds is 6. The smallest absolute Gasteiger partial charge is 0.217 e. The van der Waals surface area contributed by atoms with Crippen molar-refractivity contribution in [3.8, 4) is 0 Å². The molecule has 0 radical (unpaired) electrons. The fourth-order valence-electron chi connectivity index (χ4n) is 2.68. The summed E-state index contributed by atoms with van der Waals surface area (Å²) < 4.78 is 4.25. The molecule has 120 valence electrons. The van der Waals surface area contributed by atoms with Gasteiger partial charge in [-0.1, -0.05) is 6.07 Å². The van der Waals surface area contributed by atoms with E-state index in [1.165, 1.54) is 4.88 Å². The van der Waals surface area contributed by atoms with Crippen LogP contribution < -0.4 is 0 Å².